The van der Waals surface area contributed by atoms with E-state index in [1.54, 1.807) is 0 Å². The van der Waals surface area contributed by atoms with Gasteiger partial charge >= 0.3 is 0 Å². The van der Waals surface area contributed by atoms with Crippen LogP contribution in [0.15, 0.2) is 28.7 Å². The van der Waals surface area contributed by atoms with Crippen molar-refractivity contribution in [2.24, 2.45) is 5.41 Å². The van der Waals surface area contributed by atoms with Crippen molar-refractivity contribution in [1.82, 2.24) is 4.98 Å². The molecule has 3 aliphatic rings. The third-order valence-corrected chi connectivity index (χ3v) is 6.13. The van der Waals surface area contributed by atoms with E-state index in [9.17, 15) is 5.11 Å². The zero-order valence-electron chi connectivity index (χ0n) is 13.5. The minimum absolute atomic E-state index is 0.136. The smallest absolute Gasteiger partial charge is 0.126 e. The molecule has 2 bridgehead atoms. The van der Waals surface area contributed by atoms with Crippen molar-refractivity contribution in [2.45, 2.75) is 31.3 Å². The number of halogens is 1. The van der Waals surface area contributed by atoms with Gasteiger partial charge in [0.05, 0.1) is 24.3 Å². The second-order valence-electron chi connectivity index (χ2n) is 7.24. The maximum absolute atomic E-state index is 9.56. The fourth-order valence-electron chi connectivity index (χ4n) is 3.91. The number of nitrogens with zero attached hydrogens (tertiary/aromatic N) is 1. The van der Waals surface area contributed by atoms with Crippen LogP contribution < -0.4 is 11.1 Å². The summed E-state index contributed by atoms with van der Waals surface area (Å²) in [5.74, 6) is 0.517. The maximum atomic E-state index is 9.56. The summed E-state index contributed by atoms with van der Waals surface area (Å²) >= 11 is 3.48. The molecule has 0 spiro atoms. The molecule has 5 nitrogen and oxygen atoms in total. The van der Waals surface area contributed by atoms with E-state index in [1.807, 2.05) is 18.2 Å². The molecule has 1 aliphatic carbocycles. The quantitative estimate of drug-likeness (QED) is 0.744. The molecule has 0 amide bonds. The molecule has 0 atom stereocenters. The number of benzene rings is 1. The van der Waals surface area contributed by atoms with Crippen LogP contribution in [0.2, 0.25) is 0 Å². The first kappa shape index (κ1) is 16.1. The van der Waals surface area contributed by atoms with Gasteiger partial charge in [-0.15, -0.1) is 0 Å². The predicted octanol–water partition coefficient (Wildman–Crippen LogP) is 3.31. The highest BCUT2D eigenvalue weighted by Crippen LogP contribution is 2.48. The minimum Gasteiger partial charge on any atom is -0.393 e. The topological polar surface area (TPSA) is 80.4 Å². The van der Waals surface area contributed by atoms with Gasteiger partial charge in [-0.05, 0) is 43.9 Å². The molecule has 0 radical (unpaired) electrons. The molecule has 2 saturated heterocycles. The molecule has 1 aromatic carbocycles. The van der Waals surface area contributed by atoms with E-state index in [0.717, 1.165) is 53.3 Å². The Morgan fingerprint density at radius 2 is 2.04 bits per heavy atom. The van der Waals surface area contributed by atoms with Crippen LogP contribution in [0, 0.1) is 5.41 Å². The highest BCUT2D eigenvalue weighted by molar-refractivity contribution is 9.10. The van der Waals surface area contributed by atoms with Crippen molar-refractivity contribution in [3.8, 4) is 0 Å². The van der Waals surface area contributed by atoms with Crippen molar-refractivity contribution in [3.63, 3.8) is 0 Å². The highest BCUT2D eigenvalue weighted by atomic mass is 79.9. The molecule has 2 aliphatic heterocycles. The molecule has 1 saturated carbocycles. The Bertz CT molecular complexity index is 750. The third kappa shape index (κ3) is 2.76. The van der Waals surface area contributed by atoms with Gasteiger partial charge in [-0.3, -0.25) is 0 Å². The van der Waals surface area contributed by atoms with E-state index in [-0.39, 0.29) is 17.6 Å². The van der Waals surface area contributed by atoms with Crippen LogP contribution in [-0.4, -0.2) is 35.5 Å². The third-order valence-electron chi connectivity index (χ3n) is 5.64. The summed E-state index contributed by atoms with van der Waals surface area (Å²) in [7, 11) is 0. The summed E-state index contributed by atoms with van der Waals surface area (Å²) < 4.78 is 6.99. The van der Waals surface area contributed by atoms with Crippen LogP contribution in [0.25, 0.3) is 10.9 Å². The number of anilines is 2. The van der Waals surface area contributed by atoms with E-state index in [2.05, 4.69) is 32.3 Å². The van der Waals surface area contributed by atoms with Crippen LogP contribution in [0.3, 0.4) is 0 Å². The number of aromatic nitrogens is 1. The number of ether oxygens (including phenoxy) is 1. The average molecular weight is 392 g/mol. The molecule has 5 rings (SSSR count). The number of hydrogen-bond donors (Lipinski definition) is 3. The molecule has 1 aromatic heterocycles. The van der Waals surface area contributed by atoms with Gasteiger partial charge in [0, 0.05) is 33.6 Å². The van der Waals surface area contributed by atoms with Gasteiger partial charge in [-0.1, -0.05) is 15.9 Å². The molecule has 3 fully saturated rings. The Balaban J connectivity index is 1.56. The van der Waals surface area contributed by atoms with Crippen LogP contribution in [0.1, 0.15) is 25.7 Å². The number of hydrogen-bond acceptors (Lipinski definition) is 5. The summed E-state index contributed by atoms with van der Waals surface area (Å²) in [5.41, 5.74) is 7.75. The van der Waals surface area contributed by atoms with Crippen molar-refractivity contribution in [3.05, 3.63) is 28.7 Å². The lowest BCUT2D eigenvalue weighted by molar-refractivity contribution is -0.194. The van der Waals surface area contributed by atoms with Gasteiger partial charge < -0.3 is 20.9 Å². The number of nitrogens with two attached hydrogens (primary N) is 1. The summed E-state index contributed by atoms with van der Waals surface area (Å²) in [6, 6.07) is 7.96. The van der Waals surface area contributed by atoms with Gasteiger partial charge in [0.15, 0.2) is 0 Å². The largest absolute Gasteiger partial charge is 0.393 e. The minimum atomic E-state index is -0.276. The normalized spacial score (nSPS) is 29.1. The van der Waals surface area contributed by atoms with Crippen molar-refractivity contribution in [1.29, 1.82) is 0 Å². The number of nitrogen functional groups attached to an aromatic ring is 1. The van der Waals surface area contributed by atoms with Crippen LogP contribution >= 0.6 is 15.9 Å². The fourth-order valence-corrected chi connectivity index (χ4v) is 4.26. The lowest BCUT2D eigenvalue weighted by Crippen LogP contribution is -2.55. The summed E-state index contributed by atoms with van der Waals surface area (Å²) in [6.45, 7) is 1.70. The molecule has 0 unspecified atom stereocenters. The average Bonchev–Trinajstić information content (AvgIpc) is 2.61. The van der Waals surface area contributed by atoms with Crippen LogP contribution in [0.4, 0.5) is 11.5 Å². The Morgan fingerprint density at radius 3 is 2.71 bits per heavy atom. The van der Waals surface area contributed by atoms with E-state index in [1.165, 1.54) is 0 Å². The van der Waals surface area contributed by atoms with Gasteiger partial charge in [-0.2, -0.15) is 0 Å². The molecule has 6 heteroatoms. The summed E-state index contributed by atoms with van der Waals surface area (Å²) in [5, 5.41) is 14.2. The fraction of sp³-hybridized carbons (Fsp3) is 0.500. The monoisotopic (exact) mass is 391 g/mol. The van der Waals surface area contributed by atoms with E-state index >= 15 is 0 Å². The molecule has 4 N–H and O–H groups in total. The van der Waals surface area contributed by atoms with Gasteiger partial charge in [-0.25, -0.2) is 4.98 Å². The first-order valence-electron chi connectivity index (χ1n) is 8.38. The zero-order valence-corrected chi connectivity index (χ0v) is 15.1. The lowest BCUT2D eigenvalue weighted by atomic mass is 9.66. The maximum Gasteiger partial charge on any atom is 0.126 e. The van der Waals surface area contributed by atoms with E-state index in [0.29, 0.717) is 12.4 Å². The molecule has 24 heavy (non-hydrogen) atoms. The number of nitrogens with one attached hydrogen (secondary N) is 1. The standard InChI is InChI=1S/C18H22BrN3O2/c19-12-1-2-13-14(8-16(20)22-15(13)7-12)21-9-17-3-5-18(10-23,6-4-17)24-11-17/h1-2,7-8,23H,3-6,9-11H2,(H3,20,21,22). The van der Waals surface area contributed by atoms with Crippen molar-refractivity contribution in [2.75, 3.05) is 30.8 Å². The Kier molecular flexibility index (Phi) is 3.94. The highest BCUT2D eigenvalue weighted by Gasteiger charge is 2.49. The first-order valence-corrected chi connectivity index (χ1v) is 9.17. The predicted molar refractivity (Wildman–Crippen MR) is 99.0 cm³/mol. The van der Waals surface area contributed by atoms with Crippen LogP contribution in [0.5, 0.6) is 0 Å². The molecular formula is C18H22BrN3O2. The number of aliphatic hydroxyl groups excluding tert-OH is 1. The molecule has 3 heterocycles. The number of fused-ring (bicyclic) bond motifs is 4. The molecule has 2 aromatic rings. The Hall–Kier alpha value is -1.37. The van der Waals surface area contributed by atoms with Gasteiger partial charge in [0.25, 0.3) is 0 Å². The second kappa shape index (κ2) is 5.86. The summed E-state index contributed by atoms with van der Waals surface area (Å²) in [4.78, 5) is 4.41. The number of pyridine rings is 1. The number of aliphatic hydroxyl groups is 1. The summed E-state index contributed by atoms with van der Waals surface area (Å²) in [6.07, 6.45) is 4.06. The van der Waals surface area contributed by atoms with Crippen LogP contribution in [-0.2, 0) is 4.74 Å². The Labute approximate surface area is 149 Å². The zero-order chi connectivity index (χ0) is 16.8. The van der Waals surface area contributed by atoms with Crippen molar-refractivity contribution < 1.29 is 9.84 Å². The van der Waals surface area contributed by atoms with E-state index in [4.69, 9.17) is 10.5 Å². The molecule has 128 valence electrons. The van der Waals surface area contributed by atoms with Gasteiger partial charge in [0.2, 0.25) is 0 Å². The van der Waals surface area contributed by atoms with E-state index < -0.39 is 0 Å². The first-order chi connectivity index (χ1) is 11.5. The molecular weight excluding hydrogens is 370 g/mol. The lowest BCUT2D eigenvalue weighted by Gasteiger charge is -2.52. The van der Waals surface area contributed by atoms with Gasteiger partial charge in [0.1, 0.15) is 5.82 Å². The second-order valence-corrected chi connectivity index (χ2v) is 8.16. The Morgan fingerprint density at radius 1 is 1.25 bits per heavy atom. The van der Waals surface area contributed by atoms with Crippen molar-refractivity contribution >= 4 is 38.3 Å². The number of rotatable bonds is 4. The SMILES string of the molecule is Nc1cc(NCC23CCC(CO)(CC2)OC3)c2ccc(Br)cc2n1.